The summed E-state index contributed by atoms with van der Waals surface area (Å²) < 4.78 is 6.95. The average Bonchev–Trinajstić information content (AvgIpc) is 3.29. The van der Waals surface area contributed by atoms with Crippen molar-refractivity contribution in [2.45, 2.75) is 44.9 Å². The topological polar surface area (TPSA) is 24.5 Å². The number of halogens is 1. The molecule has 3 nitrogen and oxygen atoms in total. The summed E-state index contributed by atoms with van der Waals surface area (Å²) in [6.07, 6.45) is 4.12. The van der Waals surface area contributed by atoms with Gasteiger partial charge in [0.1, 0.15) is 0 Å². The molecule has 2 aliphatic rings. The molecule has 1 saturated heterocycles. The van der Waals surface area contributed by atoms with Gasteiger partial charge in [-0.3, -0.25) is 0 Å². The molecule has 2 fully saturated rings. The van der Waals surface area contributed by atoms with Crippen LogP contribution in [0.25, 0.3) is 0 Å². The van der Waals surface area contributed by atoms with E-state index in [2.05, 4.69) is 51.3 Å². The van der Waals surface area contributed by atoms with Crippen LogP contribution in [-0.4, -0.2) is 31.8 Å². The van der Waals surface area contributed by atoms with Gasteiger partial charge in [0.05, 0.1) is 12.7 Å². The van der Waals surface area contributed by atoms with Crippen molar-refractivity contribution in [3.05, 3.63) is 28.2 Å². The van der Waals surface area contributed by atoms with Gasteiger partial charge in [0.2, 0.25) is 0 Å². The first kappa shape index (κ1) is 14.4. The second-order valence-electron chi connectivity index (χ2n) is 5.78. The van der Waals surface area contributed by atoms with Crippen LogP contribution in [0.4, 0.5) is 5.69 Å². The molecular formula is C16H23BrN2O. The normalized spacial score (nSPS) is 23.1. The molecule has 20 heavy (non-hydrogen) atoms. The Hall–Kier alpha value is -0.580. The van der Waals surface area contributed by atoms with Gasteiger partial charge in [0.15, 0.2) is 0 Å². The fourth-order valence-corrected chi connectivity index (χ4v) is 3.14. The van der Waals surface area contributed by atoms with Crippen molar-refractivity contribution in [2.75, 3.05) is 24.6 Å². The molecule has 1 aromatic rings. The summed E-state index contributed by atoms with van der Waals surface area (Å²) >= 11 is 3.60. The van der Waals surface area contributed by atoms with E-state index in [4.69, 9.17) is 4.74 Å². The van der Waals surface area contributed by atoms with Crippen LogP contribution in [0.1, 0.15) is 31.7 Å². The predicted molar refractivity (Wildman–Crippen MR) is 86.2 cm³/mol. The van der Waals surface area contributed by atoms with E-state index in [1.807, 2.05) is 0 Å². The van der Waals surface area contributed by atoms with Crippen LogP contribution in [0.3, 0.4) is 0 Å². The minimum Gasteiger partial charge on any atom is -0.375 e. The van der Waals surface area contributed by atoms with Gasteiger partial charge < -0.3 is 15.0 Å². The number of nitrogens with one attached hydrogen (secondary N) is 1. The van der Waals surface area contributed by atoms with Crippen molar-refractivity contribution in [2.24, 2.45) is 0 Å². The van der Waals surface area contributed by atoms with E-state index < -0.39 is 0 Å². The first-order valence-corrected chi connectivity index (χ1v) is 8.44. The molecule has 0 radical (unpaired) electrons. The Balaban J connectivity index is 1.75. The maximum Gasteiger partial charge on any atom is 0.0748 e. The summed E-state index contributed by atoms with van der Waals surface area (Å²) in [7, 11) is 0. The Morgan fingerprint density at radius 1 is 1.40 bits per heavy atom. The van der Waals surface area contributed by atoms with Crippen LogP contribution in [0.2, 0.25) is 0 Å². The summed E-state index contributed by atoms with van der Waals surface area (Å²) in [4.78, 5) is 2.48. The Kier molecular flexibility index (Phi) is 4.64. The lowest BCUT2D eigenvalue weighted by Gasteiger charge is -2.35. The monoisotopic (exact) mass is 338 g/mol. The number of hydrogen-bond donors (Lipinski definition) is 1. The number of rotatable bonds is 5. The molecule has 1 aliphatic carbocycles. The Labute approximate surface area is 129 Å². The molecule has 4 heteroatoms. The predicted octanol–water partition coefficient (Wildman–Crippen LogP) is 3.32. The van der Waals surface area contributed by atoms with Crippen LogP contribution in [0.5, 0.6) is 0 Å². The fraction of sp³-hybridized carbons (Fsp3) is 0.625. The van der Waals surface area contributed by atoms with E-state index in [0.29, 0.717) is 6.10 Å². The van der Waals surface area contributed by atoms with Crippen LogP contribution in [-0.2, 0) is 11.3 Å². The molecule has 110 valence electrons. The molecule has 3 rings (SSSR count). The van der Waals surface area contributed by atoms with E-state index >= 15 is 0 Å². The molecule has 0 aromatic heterocycles. The maximum absolute atomic E-state index is 5.78. The quantitative estimate of drug-likeness (QED) is 0.891. The molecule has 1 saturated carbocycles. The fourth-order valence-electron chi connectivity index (χ4n) is 2.73. The highest BCUT2D eigenvalue weighted by Crippen LogP contribution is 2.28. The lowest BCUT2D eigenvalue weighted by molar-refractivity contribution is 0.0384. The SMILES string of the molecule is CCC1CN(c2ccc(Br)cc2CNC2CC2)CCO1. The van der Waals surface area contributed by atoms with E-state index in [-0.39, 0.29) is 0 Å². The summed E-state index contributed by atoms with van der Waals surface area (Å²) in [5.41, 5.74) is 2.76. The Morgan fingerprint density at radius 3 is 3.00 bits per heavy atom. The lowest BCUT2D eigenvalue weighted by Crippen LogP contribution is -2.42. The molecule has 0 amide bonds. The zero-order valence-electron chi connectivity index (χ0n) is 12.1. The third-order valence-corrected chi connectivity index (χ3v) is 4.63. The summed E-state index contributed by atoms with van der Waals surface area (Å²) in [5, 5.41) is 3.63. The first-order valence-electron chi connectivity index (χ1n) is 7.64. The number of morpholine rings is 1. The Morgan fingerprint density at radius 2 is 2.25 bits per heavy atom. The van der Waals surface area contributed by atoms with E-state index in [1.165, 1.54) is 24.1 Å². The van der Waals surface area contributed by atoms with Crippen molar-refractivity contribution < 1.29 is 4.74 Å². The average molecular weight is 339 g/mol. The van der Waals surface area contributed by atoms with Crippen LogP contribution in [0, 0.1) is 0 Å². The van der Waals surface area contributed by atoms with Gasteiger partial charge in [0, 0.05) is 35.8 Å². The molecule has 1 aliphatic heterocycles. The van der Waals surface area contributed by atoms with Crippen molar-refractivity contribution in [1.29, 1.82) is 0 Å². The number of anilines is 1. The van der Waals surface area contributed by atoms with Gasteiger partial charge in [-0.05, 0) is 43.0 Å². The van der Waals surface area contributed by atoms with E-state index in [1.54, 1.807) is 0 Å². The number of benzene rings is 1. The van der Waals surface area contributed by atoms with E-state index in [0.717, 1.165) is 43.2 Å². The highest BCUT2D eigenvalue weighted by Gasteiger charge is 2.23. The molecule has 1 unspecified atom stereocenters. The van der Waals surface area contributed by atoms with Crippen LogP contribution < -0.4 is 10.2 Å². The molecule has 1 atom stereocenters. The first-order chi connectivity index (χ1) is 9.76. The molecule has 0 bridgehead atoms. The minimum absolute atomic E-state index is 0.372. The molecular weight excluding hydrogens is 316 g/mol. The summed E-state index contributed by atoms with van der Waals surface area (Å²) in [6, 6.07) is 7.38. The van der Waals surface area contributed by atoms with Crippen molar-refractivity contribution in [3.63, 3.8) is 0 Å². The number of ether oxygens (including phenoxy) is 1. The highest BCUT2D eigenvalue weighted by atomic mass is 79.9. The van der Waals surface area contributed by atoms with Crippen LogP contribution >= 0.6 is 15.9 Å². The second kappa shape index (κ2) is 6.46. The van der Waals surface area contributed by atoms with Gasteiger partial charge >= 0.3 is 0 Å². The molecule has 0 spiro atoms. The standard InChI is InChI=1S/C16H23BrN2O/c1-2-15-11-19(7-8-20-15)16-6-3-13(17)9-12(16)10-18-14-4-5-14/h3,6,9,14-15,18H,2,4-5,7-8,10-11H2,1H3. The second-order valence-corrected chi connectivity index (χ2v) is 6.69. The zero-order valence-corrected chi connectivity index (χ0v) is 13.7. The minimum atomic E-state index is 0.372. The van der Waals surface area contributed by atoms with Crippen molar-refractivity contribution >= 4 is 21.6 Å². The molecule has 1 N–H and O–H groups in total. The highest BCUT2D eigenvalue weighted by molar-refractivity contribution is 9.10. The largest absolute Gasteiger partial charge is 0.375 e. The van der Waals surface area contributed by atoms with Crippen molar-refractivity contribution in [3.8, 4) is 0 Å². The zero-order chi connectivity index (χ0) is 13.9. The molecule has 1 heterocycles. The van der Waals surface area contributed by atoms with Crippen molar-refractivity contribution in [1.82, 2.24) is 5.32 Å². The van der Waals surface area contributed by atoms with Gasteiger partial charge in [0.25, 0.3) is 0 Å². The Bertz CT molecular complexity index is 462. The number of hydrogen-bond acceptors (Lipinski definition) is 3. The van der Waals surface area contributed by atoms with Gasteiger partial charge in [-0.1, -0.05) is 22.9 Å². The summed E-state index contributed by atoms with van der Waals surface area (Å²) in [6.45, 7) is 6.01. The van der Waals surface area contributed by atoms with Crippen LogP contribution in [0.15, 0.2) is 22.7 Å². The van der Waals surface area contributed by atoms with Gasteiger partial charge in [-0.25, -0.2) is 0 Å². The molecule has 1 aromatic carbocycles. The maximum atomic E-state index is 5.78. The van der Waals surface area contributed by atoms with Gasteiger partial charge in [-0.15, -0.1) is 0 Å². The summed E-state index contributed by atoms with van der Waals surface area (Å²) in [5.74, 6) is 0. The smallest absolute Gasteiger partial charge is 0.0748 e. The third-order valence-electron chi connectivity index (χ3n) is 4.13. The number of nitrogens with zero attached hydrogens (tertiary/aromatic N) is 1. The van der Waals surface area contributed by atoms with E-state index in [9.17, 15) is 0 Å². The third kappa shape index (κ3) is 3.54. The lowest BCUT2D eigenvalue weighted by atomic mass is 10.1. The van der Waals surface area contributed by atoms with Gasteiger partial charge in [-0.2, -0.15) is 0 Å².